The van der Waals surface area contributed by atoms with Crippen molar-refractivity contribution in [3.05, 3.63) is 28.8 Å². The van der Waals surface area contributed by atoms with Gasteiger partial charge >= 0.3 is 0 Å². The lowest BCUT2D eigenvalue weighted by atomic mass is 10.2. The number of hydrogen-bond acceptors (Lipinski definition) is 6. The number of rotatable bonds is 7. The molecular formula is C13H18N4O2S. The van der Waals surface area contributed by atoms with E-state index in [0.29, 0.717) is 16.6 Å². The van der Waals surface area contributed by atoms with E-state index >= 15 is 0 Å². The highest BCUT2D eigenvalue weighted by Gasteiger charge is 2.05. The Morgan fingerprint density at radius 2 is 2.25 bits per heavy atom. The number of thioether (sulfide) groups is 1. The van der Waals surface area contributed by atoms with Crippen LogP contribution in [0.1, 0.15) is 6.42 Å². The molecule has 0 spiro atoms. The number of benzene rings is 1. The molecule has 0 unspecified atom stereocenters. The number of nitrogens with zero attached hydrogens (tertiary/aromatic N) is 1. The van der Waals surface area contributed by atoms with Crippen LogP contribution in [-0.2, 0) is 0 Å². The van der Waals surface area contributed by atoms with Gasteiger partial charge in [0.2, 0.25) is 0 Å². The monoisotopic (exact) mass is 294 g/mol. The summed E-state index contributed by atoms with van der Waals surface area (Å²) in [5, 5.41) is 12.4. The van der Waals surface area contributed by atoms with Gasteiger partial charge in [-0.05, 0) is 24.3 Å². The Bertz CT molecular complexity index is 629. The Morgan fingerprint density at radius 3 is 3.05 bits per heavy atom. The summed E-state index contributed by atoms with van der Waals surface area (Å²) in [5.41, 5.74) is 7.70. The van der Waals surface area contributed by atoms with Gasteiger partial charge in [-0.15, -0.1) is 0 Å². The minimum absolute atomic E-state index is 0.187. The normalized spacial score (nSPS) is 10.8. The zero-order chi connectivity index (χ0) is 14.4. The number of aliphatic hydroxyl groups excluding tert-OH is 1. The van der Waals surface area contributed by atoms with E-state index in [2.05, 4.69) is 15.3 Å². The van der Waals surface area contributed by atoms with Gasteiger partial charge in [0.1, 0.15) is 0 Å². The first-order valence-corrected chi connectivity index (χ1v) is 7.57. The van der Waals surface area contributed by atoms with Crippen LogP contribution < -0.4 is 16.6 Å². The number of nitrogens with two attached hydrogens (primary N) is 1. The van der Waals surface area contributed by atoms with Crippen molar-refractivity contribution in [3.8, 4) is 0 Å². The third kappa shape index (κ3) is 3.64. The van der Waals surface area contributed by atoms with E-state index in [1.54, 1.807) is 23.9 Å². The molecular weight excluding hydrogens is 276 g/mol. The van der Waals surface area contributed by atoms with Gasteiger partial charge in [0.05, 0.1) is 28.6 Å². The number of aliphatic hydroxyl groups is 1. The predicted octanol–water partition coefficient (Wildman–Crippen LogP) is 1.03. The number of fused-ring (bicyclic) bond motifs is 1. The van der Waals surface area contributed by atoms with E-state index in [9.17, 15) is 4.79 Å². The Labute approximate surface area is 120 Å². The van der Waals surface area contributed by atoms with Crippen LogP contribution >= 0.6 is 11.8 Å². The molecule has 20 heavy (non-hydrogen) atoms. The number of anilines is 2. The van der Waals surface area contributed by atoms with Crippen molar-refractivity contribution >= 4 is 34.0 Å². The van der Waals surface area contributed by atoms with E-state index in [1.807, 2.05) is 0 Å². The van der Waals surface area contributed by atoms with Gasteiger partial charge in [-0.1, -0.05) is 0 Å². The SMILES string of the molecule is Nc1cc2c(=O)[nH]cnc2cc1NCCSCCCO. The van der Waals surface area contributed by atoms with Crippen LogP contribution in [0.2, 0.25) is 0 Å². The smallest absolute Gasteiger partial charge is 0.258 e. The number of aromatic amines is 1. The highest BCUT2D eigenvalue weighted by molar-refractivity contribution is 7.99. The molecule has 0 aliphatic heterocycles. The molecule has 0 aliphatic carbocycles. The molecule has 0 aliphatic rings. The van der Waals surface area contributed by atoms with E-state index in [-0.39, 0.29) is 12.2 Å². The van der Waals surface area contributed by atoms with Crippen molar-refractivity contribution < 1.29 is 5.11 Å². The van der Waals surface area contributed by atoms with Crippen LogP contribution in [0, 0.1) is 0 Å². The van der Waals surface area contributed by atoms with Gasteiger partial charge in [-0.3, -0.25) is 4.79 Å². The lowest BCUT2D eigenvalue weighted by Crippen LogP contribution is -2.10. The molecule has 1 aromatic heterocycles. The zero-order valence-corrected chi connectivity index (χ0v) is 11.9. The van der Waals surface area contributed by atoms with Gasteiger partial charge in [0.15, 0.2) is 0 Å². The Morgan fingerprint density at radius 1 is 1.40 bits per heavy atom. The van der Waals surface area contributed by atoms with Crippen LogP contribution in [0.5, 0.6) is 0 Å². The number of aromatic nitrogens is 2. The summed E-state index contributed by atoms with van der Waals surface area (Å²) >= 11 is 1.78. The minimum Gasteiger partial charge on any atom is -0.397 e. The molecule has 7 heteroatoms. The first-order valence-electron chi connectivity index (χ1n) is 6.42. The van der Waals surface area contributed by atoms with Gasteiger partial charge in [-0.25, -0.2) is 4.98 Å². The topological polar surface area (TPSA) is 104 Å². The minimum atomic E-state index is -0.187. The van der Waals surface area contributed by atoms with E-state index in [4.69, 9.17) is 10.8 Å². The van der Waals surface area contributed by atoms with Crippen molar-refractivity contribution in [2.45, 2.75) is 6.42 Å². The second-order valence-electron chi connectivity index (χ2n) is 4.30. The van der Waals surface area contributed by atoms with E-state index in [0.717, 1.165) is 30.2 Å². The second-order valence-corrected chi connectivity index (χ2v) is 5.53. The first kappa shape index (κ1) is 14.7. The lowest BCUT2D eigenvalue weighted by molar-refractivity contribution is 0.296. The van der Waals surface area contributed by atoms with Gasteiger partial charge in [0.25, 0.3) is 5.56 Å². The quantitative estimate of drug-likeness (QED) is 0.449. The second kappa shape index (κ2) is 7.16. The maximum atomic E-state index is 11.6. The van der Waals surface area contributed by atoms with Crippen LogP contribution in [0.3, 0.4) is 0 Å². The summed E-state index contributed by atoms with van der Waals surface area (Å²) in [7, 11) is 0. The predicted molar refractivity (Wildman–Crippen MR) is 84.3 cm³/mol. The molecule has 1 aromatic carbocycles. The fourth-order valence-electron chi connectivity index (χ4n) is 1.81. The van der Waals surface area contributed by atoms with Crippen molar-refractivity contribution in [1.29, 1.82) is 0 Å². The summed E-state index contributed by atoms with van der Waals surface area (Å²) in [6, 6.07) is 3.43. The van der Waals surface area contributed by atoms with E-state index in [1.165, 1.54) is 6.33 Å². The number of H-pyrrole nitrogens is 1. The summed E-state index contributed by atoms with van der Waals surface area (Å²) in [5.74, 6) is 1.88. The Balaban J connectivity index is 2.00. The molecule has 6 nitrogen and oxygen atoms in total. The maximum absolute atomic E-state index is 11.6. The molecule has 0 amide bonds. The van der Waals surface area contributed by atoms with Gasteiger partial charge < -0.3 is 21.1 Å². The molecule has 0 bridgehead atoms. The Kier molecular flexibility index (Phi) is 5.25. The van der Waals surface area contributed by atoms with Crippen molar-refractivity contribution in [2.24, 2.45) is 0 Å². The molecule has 108 valence electrons. The molecule has 0 saturated carbocycles. The largest absolute Gasteiger partial charge is 0.397 e. The average Bonchev–Trinajstić information content (AvgIpc) is 2.44. The third-order valence-electron chi connectivity index (χ3n) is 2.82. The van der Waals surface area contributed by atoms with Crippen LogP contribution in [-0.4, -0.2) is 39.7 Å². The summed E-state index contributed by atoms with van der Waals surface area (Å²) in [4.78, 5) is 18.3. The van der Waals surface area contributed by atoms with Crippen molar-refractivity contribution in [3.63, 3.8) is 0 Å². The molecule has 0 fully saturated rings. The fraction of sp³-hybridized carbons (Fsp3) is 0.385. The van der Waals surface area contributed by atoms with Crippen LogP contribution in [0.25, 0.3) is 10.9 Å². The van der Waals surface area contributed by atoms with Crippen LogP contribution in [0.15, 0.2) is 23.3 Å². The molecule has 0 atom stereocenters. The third-order valence-corrected chi connectivity index (χ3v) is 3.89. The number of hydrogen-bond donors (Lipinski definition) is 4. The van der Waals surface area contributed by atoms with Gasteiger partial charge in [0, 0.05) is 18.9 Å². The molecule has 0 saturated heterocycles. The summed E-state index contributed by atoms with van der Waals surface area (Å²) < 4.78 is 0. The molecule has 5 N–H and O–H groups in total. The molecule has 2 aromatic rings. The van der Waals surface area contributed by atoms with E-state index < -0.39 is 0 Å². The van der Waals surface area contributed by atoms with Crippen LogP contribution in [0.4, 0.5) is 11.4 Å². The highest BCUT2D eigenvalue weighted by Crippen LogP contribution is 2.22. The van der Waals surface area contributed by atoms with Gasteiger partial charge in [-0.2, -0.15) is 11.8 Å². The zero-order valence-electron chi connectivity index (χ0n) is 11.1. The maximum Gasteiger partial charge on any atom is 0.258 e. The molecule has 2 rings (SSSR count). The van der Waals surface area contributed by atoms with Crippen molar-refractivity contribution in [1.82, 2.24) is 9.97 Å². The number of nitrogens with one attached hydrogen (secondary N) is 2. The fourth-order valence-corrected chi connectivity index (χ4v) is 2.60. The highest BCUT2D eigenvalue weighted by atomic mass is 32.2. The number of nitrogen functional groups attached to an aromatic ring is 1. The first-order chi connectivity index (χ1) is 9.72. The standard InChI is InChI=1S/C13H18N4O2S/c14-10-6-9-11(16-8-17-13(9)19)7-12(10)15-2-5-20-4-1-3-18/h6-8,15,18H,1-5,14H2,(H,16,17,19). The Hall–Kier alpha value is -1.73. The summed E-state index contributed by atoms with van der Waals surface area (Å²) in [6.07, 6.45) is 2.20. The molecule has 0 radical (unpaired) electrons. The summed E-state index contributed by atoms with van der Waals surface area (Å²) in [6.45, 7) is 1.01. The lowest BCUT2D eigenvalue weighted by Gasteiger charge is -2.10. The average molecular weight is 294 g/mol. The molecule has 1 heterocycles. The van der Waals surface area contributed by atoms with Crippen molar-refractivity contribution in [2.75, 3.05) is 35.7 Å².